The van der Waals surface area contributed by atoms with Crippen LogP contribution in [0.5, 0.6) is 0 Å². The molecule has 0 saturated carbocycles. The number of hydrogen-bond donors (Lipinski definition) is 0. The van der Waals surface area contributed by atoms with Gasteiger partial charge in [-0.2, -0.15) is 0 Å². The van der Waals surface area contributed by atoms with Gasteiger partial charge in [0, 0.05) is 12.8 Å². The summed E-state index contributed by atoms with van der Waals surface area (Å²) in [6.45, 7) is 8.22. The van der Waals surface area contributed by atoms with Gasteiger partial charge in [0.2, 0.25) is 0 Å². The van der Waals surface area contributed by atoms with Crippen LogP contribution < -0.4 is 0 Å². The number of rotatable bonds is 3. The second kappa shape index (κ2) is 3.69. The van der Waals surface area contributed by atoms with E-state index in [4.69, 9.17) is 4.74 Å². The van der Waals surface area contributed by atoms with E-state index >= 15 is 0 Å². The molecule has 0 aliphatic carbocycles. The van der Waals surface area contributed by atoms with Gasteiger partial charge in [0.15, 0.2) is 0 Å². The summed E-state index contributed by atoms with van der Waals surface area (Å²) in [7, 11) is 0. The standard InChI is InChI=1S/C11H19O2/c1-8(2)5-6-9-7-11(3,4)10(12)13-9/h6,8-9H,5,7H2,1-4H3. The largest absolute Gasteiger partial charge is 0.462 e. The Bertz CT molecular complexity index is 194. The van der Waals surface area contributed by atoms with Crippen LogP contribution in [-0.4, -0.2) is 12.1 Å². The zero-order chi connectivity index (χ0) is 10.1. The SMILES string of the molecule is CC(C)C[CH]C1CC(C)(C)C(=O)O1. The van der Waals surface area contributed by atoms with Crippen molar-refractivity contribution in [2.24, 2.45) is 11.3 Å². The van der Waals surface area contributed by atoms with Crippen molar-refractivity contribution < 1.29 is 9.53 Å². The average Bonchev–Trinajstić information content (AvgIpc) is 2.22. The van der Waals surface area contributed by atoms with Crippen molar-refractivity contribution in [1.82, 2.24) is 0 Å². The number of carbonyl (C=O) groups excluding carboxylic acids is 1. The lowest BCUT2D eigenvalue weighted by Gasteiger charge is -2.11. The first-order valence-electron chi connectivity index (χ1n) is 4.96. The molecule has 2 nitrogen and oxygen atoms in total. The Morgan fingerprint density at radius 2 is 2.23 bits per heavy atom. The highest BCUT2D eigenvalue weighted by molar-refractivity contribution is 5.78. The van der Waals surface area contributed by atoms with Crippen molar-refractivity contribution in [2.75, 3.05) is 0 Å². The van der Waals surface area contributed by atoms with Crippen molar-refractivity contribution in [3.05, 3.63) is 6.42 Å². The third-order valence-electron chi connectivity index (χ3n) is 2.39. The number of ether oxygens (including phenoxy) is 1. The van der Waals surface area contributed by atoms with Crippen molar-refractivity contribution in [3.8, 4) is 0 Å². The summed E-state index contributed by atoms with van der Waals surface area (Å²) in [6.07, 6.45) is 4.02. The van der Waals surface area contributed by atoms with Crippen LogP contribution in [0.25, 0.3) is 0 Å². The third kappa shape index (κ3) is 2.71. The summed E-state index contributed by atoms with van der Waals surface area (Å²) in [6, 6.07) is 0. The fourth-order valence-corrected chi connectivity index (χ4v) is 1.48. The molecule has 1 aliphatic heterocycles. The third-order valence-corrected chi connectivity index (χ3v) is 2.39. The van der Waals surface area contributed by atoms with Gasteiger partial charge in [0.1, 0.15) is 6.10 Å². The highest BCUT2D eigenvalue weighted by Crippen LogP contribution is 2.34. The molecule has 1 heterocycles. The van der Waals surface area contributed by atoms with E-state index in [1.54, 1.807) is 0 Å². The molecular formula is C11H19O2. The molecule has 0 bridgehead atoms. The van der Waals surface area contributed by atoms with Crippen LogP contribution in [0.4, 0.5) is 0 Å². The molecule has 1 radical (unpaired) electrons. The summed E-state index contributed by atoms with van der Waals surface area (Å²) in [5, 5.41) is 0. The zero-order valence-corrected chi connectivity index (χ0v) is 8.96. The Kier molecular flexibility index (Phi) is 2.99. The maximum Gasteiger partial charge on any atom is 0.311 e. The fraction of sp³-hybridized carbons (Fsp3) is 0.818. The molecule has 1 fully saturated rings. The smallest absolute Gasteiger partial charge is 0.311 e. The molecule has 0 aromatic heterocycles. The summed E-state index contributed by atoms with van der Waals surface area (Å²) in [4.78, 5) is 11.3. The molecule has 1 atom stereocenters. The number of hydrogen-bond acceptors (Lipinski definition) is 2. The first-order chi connectivity index (χ1) is 5.92. The lowest BCUT2D eigenvalue weighted by atomic mass is 9.88. The Morgan fingerprint density at radius 3 is 2.62 bits per heavy atom. The Morgan fingerprint density at radius 1 is 1.62 bits per heavy atom. The average molecular weight is 183 g/mol. The molecule has 0 aromatic carbocycles. The summed E-state index contributed by atoms with van der Waals surface area (Å²) < 4.78 is 5.23. The first kappa shape index (κ1) is 10.6. The quantitative estimate of drug-likeness (QED) is 0.629. The normalized spacial score (nSPS) is 26.5. The summed E-state index contributed by atoms with van der Waals surface area (Å²) in [5.74, 6) is 0.583. The molecule has 0 aromatic rings. The Balaban J connectivity index is 2.37. The highest BCUT2D eigenvalue weighted by atomic mass is 16.6. The van der Waals surface area contributed by atoms with Gasteiger partial charge in [0.25, 0.3) is 0 Å². The van der Waals surface area contributed by atoms with Crippen molar-refractivity contribution in [3.63, 3.8) is 0 Å². The molecule has 2 heteroatoms. The molecule has 0 amide bonds. The van der Waals surface area contributed by atoms with Gasteiger partial charge in [0.05, 0.1) is 5.41 Å². The minimum atomic E-state index is -0.280. The minimum absolute atomic E-state index is 0.0462. The molecule has 1 rings (SSSR count). The van der Waals surface area contributed by atoms with E-state index in [1.807, 2.05) is 13.8 Å². The topological polar surface area (TPSA) is 26.3 Å². The highest BCUT2D eigenvalue weighted by Gasteiger charge is 2.40. The van der Waals surface area contributed by atoms with Crippen molar-refractivity contribution in [2.45, 2.75) is 46.6 Å². The van der Waals surface area contributed by atoms with Crippen LogP contribution in [0.15, 0.2) is 0 Å². The Labute approximate surface area is 80.7 Å². The molecular weight excluding hydrogens is 164 g/mol. The van der Waals surface area contributed by atoms with Gasteiger partial charge >= 0.3 is 5.97 Å². The van der Waals surface area contributed by atoms with Gasteiger partial charge in [-0.3, -0.25) is 4.79 Å². The van der Waals surface area contributed by atoms with Crippen LogP contribution in [-0.2, 0) is 9.53 Å². The molecule has 75 valence electrons. The number of esters is 1. The van der Waals surface area contributed by atoms with Crippen LogP contribution in [0, 0.1) is 17.8 Å². The number of carbonyl (C=O) groups is 1. The molecule has 0 spiro atoms. The van der Waals surface area contributed by atoms with E-state index in [9.17, 15) is 4.79 Å². The van der Waals surface area contributed by atoms with Crippen LogP contribution in [0.2, 0.25) is 0 Å². The second-order valence-corrected chi connectivity index (χ2v) is 4.90. The van der Waals surface area contributed by atoms with Gasteiger partial charge in [-0.15, -0.1) is 0 Å². The van der Waals surface area contributed by atoms with Crippen LogP contribution in [0.1, 0.15) is 40.5 Å². The van der Waals surface area contributed by atoms with Gasteiger partial charge in [-0.1, -0.05) is 13.8 Å². The molecule has 13 heavy (non-hydrogen) atoms. The van der Waals surface area contributed by atoms with Crippen LogP contribution >= 0.6 is 0 Å². The summed E-state index contributed by atoms with van der Waals surface area (Å²) in [5.41, 5.74) is -0.280. The minimum Gasteiger partial charge on any atom is -0.462 e. The van der Waals surface area contributed by atoms with E-state index in [0.717, 1.165) is 12.8 Å². The molecule has 1 saturated heterocycles. The predicted octanol–water partition coefficient (Wildman–Crippen LogP) is 2.58. The summed E-state index contributed by atoms with van der Waals surface area (Å²) >= 11 is 0. The van der Waals surface area contributed by atoms with Crippen LogP contribution in [0.3, 0.4) is 0 Å². The lowest BCUT2D eigenvalue weighted by molar-refractivity contribution is -0.146. The first-order valence-corrected chi connectivity index (χ1v) is 4.96. The van der Waals surface area contributed by atoms with Gasteiger partial charge in [-0.05, 0) is 26.2 Å². The monoisotopic (exact) mass is 183 g/mol. The van der Waals surface area contributed by atoms with E-state index in [2.05, 4.69) is 20.3 Å². The molecule has 1 aliphatic rings. The maximum absolute atomic E-state index is 11.3. The predicted molar refractivity (Wildman–Crippen MR) is 52.0 cm³/mol. The molecule has 0 N–H and O–H groups in total. The maximum atomic E-state index is 11.3. The van der Waals surface area contributed by atoms with E-state index < -0.39 is 0 Å². The van der Waals surface area contributed by atoms with E-state index in [1.165, 1.54) is 0 Å². The van der Waals surface area contributed by atoms with Gasteiger partial charge in [-0.25, -0.2) is 0 Å². The van der Waals surface area contributed by atoms with E-state index in [-0.39, 0.29) is 17.5 Å². The van der Waals surface area contributed by atoms with Crippen molar-refractivity contribution >= 4 is 5.97 Å². The van der Waals surface area contributed by atoms with Crippen molar-refractivity contribution in [1.29, 1.82) is 0 Å². The second-order valence-electron chi connectivity index (χ2n) is 4.90. The Hall–Kier alpha value is -0.530. The zero-order valence-electron chi connectivity index (χ0n) is 8.96. The number of cyclic esters (lactones) is 1. The fourth-order valence-electron chi connectivity index (χ4n) is 1.48. The van der Waals surface area contributed by atoms with Gasteiger partial charge < -0.3 is 4.74 Å². The molecule has 1 unspecified atom stereocenters. The van der Waals surface area contributed by atoms with E-state index in [0.29, 0.717) is 5.92 Å². The lowest BCUT2D eigenvalue weighted by Crippen LogP contribution is -2.16.